The van der Waals surface area contributed by atoms with E-state index in [2.05, 4.69) is 19.9 Å². The van der Waals surface area contributed by atoms with Crippen molar-refractivity contribution in [1.82, 2.24) is 24.8 Å². The summed E-state index contributed by atoms with van der Waals surface area (Å²) >= 11 is 6.33. The molecule has 13 heteroatoms. The first-order valence-corrected chi connectivity index (χ1v) is 13.8. The molecule has 2 aliphatic heterocycles. The van der Waals surface area contributed by atoms with Gasteiger partial charge in [-0.3, -0.25) is 4.98 Å². The molecule has 0 bridgehead atoms. The van der Waals surface area contributed by atoms with Crippen LogP contribution in [0.4, 0.5) is 19.4 Å². The zero-order valence-electron chi connectivity index (χ0n) is 22.6. The number of rotatable bonds is 6. The minimum absolute atomic E-state index is 0.0144. The second-order valence-electron chi connectivity index (χ2n) is 10.6. The first-order valence-electron chi connectivity index (χ1n) is 13.4. The van der Waals surface area contributed by atoms with E-state index in [1.54, 1.807) is 29.2 Å². The van der Waals surface area contributed by atoms with Crippen molar-refractivity contribution in [2.24, 2.45) is 5.92 Å². The summed E-state index contributed by atoms with van der Waals surface area (Å²) < 4.78 is 36.8. The highest BCUT2D eigenvalue weighted by molar-refractivity contribution is 6.36. The molecule has 1 amide bonds. The third-order valence-corrected chi connectivity index (χ3v) is 8.15. The lowest BCUT2D eigenvalue weighted by atomic mass is 10.0. The van der Waals surface area contributed by atoms with Gasteiger partial charge >= 0.3 is 12.1 Å². The Hall–Kier alpha value is -4.34. The number of piperazine rings is 1. The molecule has 42 heavy (non-hydrogen) atoms. The van der Waals surface area contributed by atoms with Crippen LogP contribution in [0.25, 0.3) is 32.9 Å². The summed E-state index contributed by atoms with van der Waals surface area (Å²) in [6.45, 7) is 2.61. The fraction of sp³-hybridized carbons (Fsp3) is 0.345. The van der Waals surface area contributed by atoms with Crippen molar-refractivity contribution in [2.75, 3.05) is 51.3 Å². The molecular formula is C29H26ClF2N7O3. The SMILES string of the molecule is CN1CC(COc2nc(N3CCN(C(=O)O)C(CC#N)C3)c3cnc(-c4cccc5ccc(F)c(Cl)c45)c(F)c3n2)C1. The van der Waals surface area contributed by atoms with Crippen molar-refractivity contribution >= 4 is 45.2 Å². The number of nitrogens with zero attached hydrogens (tertiary/aromatic N) is 7. The van der Waals surface area contributed by atoms with Crippen LogP contribution < -0.4 is 9.64 Å². The summed E-state index contributed by atoms with van der Waals surface area (Å²) in [4.78, 5) is 30.4. The number of nitriles is 1. The molecule has 0 aliphatic carbocycles. The normalized spacial score (nSPS) is 17.8. The Balaban J connectivity index is 1.47. The Kier molecular flexibility index (Phi) is 7.38. The maximum Gasteiger partial charge on any atom is 0.407 e. The van der Waals surface area contributed by atoms with Crippen molar-refractivity contribution < 1.29 is 23.4 Å². The minimum atomic E-state index is -1.11. The van der Waals surface area contributed by atoms with Gasteiger partial charge in [0.15, 0.2) is 5.82 Å². The topological polar surface area (TPSA) is 119 Å². The molecule has 1 atom stereocenters. The van der Waals surface area contributed by atoms with E-state index < -0.39 is 23.8 Å². The molecule has 4 heterocycles. The van der Waals surface area contributed by atoms with Crippen LogP contribution in [-0.2, 0) is 0 Å². The Morgan fingerprint density at radius 3 is 2.74 bits per heavy atom. The van der Waals surface area contributed by atoms with Crippen LogP contribution in [0.2, 0.25) is 5.02 Å². The quantitative estimate of drug-likeness (QED) is 0.336. The molecule has 0 saturated carbocycles. The maximum absolute atomic E-state index is 16.4. The van der Waals surface area contributed by atoms with Crippen molar-refractivity contribution in [2.45, 2.75) is 12.5 Å². The lowest BCUT2D eigenvalue weighted by Gasteiger charge is -2.40. The summed E-state index contributed by atoms with van der Waals surface area (Å²) in [5, 5.41) is 20.0. The first kappa shape index (κ1) is 27.8. The van der Waals surface area contributed by atoms with Crippen LogP contribution in [0.3, 0.4) is 0 Å². The largest absolute Gasteiger partial charge is 0.465 e. The minimum Gasteiger partial charge on any atom is -0.465 e. The van der Waals surface area contributed by atoms with E-state index in [0.29, 0.717) is 34.1 Å². The lowest BCUT2D eigenvalue weighted by molar-refractivity contribution is 0.0819. The zero-order chi connectivity index (χ0) is 29.5. The molecule has 2 aromatic heterocycles. The summed E-state index contributed by atoms with van der Waals surface area (Å²) in [6, 6.07) is 9.32. The van der Waals surface area contributed by atoms with Gasteiger partial charge in [0, 0.05) is 55.8 Å². The van der Waals surface area contributed by atoms with Crippen LogP contribution in [0, 0.1) is 28.9 Å². The summed E-state index contributed by atoms with van der Waals surface area (Å²) in [5.74, 6) is -0.779. The number of likely N-dealkylation sites (tertiary alicyclic amines) is 1. The zero-order valence-corrected chi connectivity index (χ0v) is 23.4. The molecule has 2 aromatic carbocycles. The molecule has 1 unspecified atom stereocenters. The summed E-state index contributed by atoms with van der Waals surface area (Å²) in [6.07, 6.45) is 0.321. The molecular weight excluding hydrogens is 568 g/mol. The maximum atomic E-state index is 16.4. The highest BCUT2D eigenvalue weighted by atomic mass is 35.5. The van der Waals surface area contributed by atoms with Gasteiger partial charge in [0.2, 0.25) is 0 Å². The number of hydrogen-bond donors (Lipinski definition) is 1. The van der Waals surface area contributed by atoms with Crippen molar-refractivity contribution in [3.05, 3.63) is 53.2 Å². The molecule has 1 N–H and O–H groups in total. The van der Waals surface area contributed by atoms with E-state index in [1.807, 2.05) is 13.1 Å². The number of aromatic nitrogens is 3. The highest BCUT2D eigenvalue weighted by Gasteiger charge is 2.33. The number of fused-ring (bicyclic) bond motifs is 2. The van der Waals surface area contributed by atoms with Gasteiger partial charge in [-0.25, -0.2) is 13.6 Å². The number of hydrogen-bond acceptors (Lipinski definition) is 8. The molecule has 2 fully saturated rings. The molecule has 2 aliphatic rings. The average Bonchev–Trinajstić information content (AvgIpc) is 2.96. The molecule has 6 rings (SSSR count). The summed E-state index contributed by atoms with van der Waals surface area (Å²) in [7, 11) is 2.00. The number of pyridine rings is 1. The number of amides is 1. The third-order valence-electron chi connectivity index (χ3n) is 7.78. The Morgan fingerprint density at radius 2 is 2.00 bits per heavy atom. The van der Waals surface area contributed by atoms with Gasteiger partial charge in [0.25, 0.3) is 0 Å². The van der Waals surface area contributed by atoms with E-state index >= 15 is 4.39 Å². The monoisotopic (exact) mass is 593 g/mol. The average molecular weight is 594 g/mol. The van der Waals surface area contributed by atoms with Crippen LogP contribution >= 0.6 is 11.6 Å². The molecule has 0 radical (unpaired) electrons. The van der Waals surface area contributed by atoms with E-state index in [-0.39, 0.29) is 54.2 Å². The fourth-order valence-electron chi connectivity index (χ4n) is 5.73. The van der Waals surface area contributed by atoms with Gasteiger partial charge in [0.05, 0.1) is 35.5 Å². The van der Waals surface area contributed by atoms with Crippen LogP contribution in [-0.4, -0.2) is 88.4 Å². The smallest absolute Gasteiger partial charge is 0.407 e. The van der Waals surface area contributed by atoms with Gasteiger partial charge in [-0.1, -0.05) is 35.9 Å². The number of carbonyl (C=O) groups is 1. The Labute approximate surface area is 244 Å². The van der Waals surface area contributed by atoms with E-state index in [0.717, 1.165) is 13.1 Å². The standard InChI is InChI=1S/C29H26ClF2N7O3/c1-37-12-16(13-37)15-42-28-35-26-20(27(36-28)38-9-10-39(29(40)41)18(14-38)7-8-33)11-34-25(24(26)32)19-4-2-3-17-5-6-21(31)23(30)22(17)19/h2-6,11,16,18H,7,9-10,12-15H2,1H3,(H,40,41). The number of anilines is 1. The molecule has 2 saturated heterocycles. The van der Waals surface area contributed by atoms with E-state index in [9.17, 15) is 19.6 Å². The Morgan fingerprint density at radius 1 is 1.19 bits per heavy atom. The first-order chi connectivity index (χ1) is 20.2. The molecule has 4 aromatic rings. The van der Waals surface area contributed by atoms with E-state index in [1.165, 1.54) is 17.2 Å². The fourth-order valence-corrected chi connectivity index (χ4v) is 6.00. The second-order valence-corrected chi connectivity index (χ2v) is 11.0. The highest BCUT2D eigenvalue weighted by Crippen LogP contribution is 2.38. The van der Waals surface area contributed by atoms with Crippen molar-refractivity contribution in [1.29, 1.82) is 5.26 Å². The molecule has 10 nitrogen and oxygen atoms in total. The molecule has 216 valence electrons. The van der Waals surface area contributed by atoms with Crippen LogP contribution in [0.1, 0.15) is 6.42 Å². The van der Waals surface area contributed by atoms with Crippen LogP contribution in [0.15, 0.2) is 36.5 Å². The van der Waals surface area contributed by atoms with Gasteiger partial charge in [-0.05, 0) is 18.5 Å². The number of ether oxygens (including phenoxy) is 1. The third kappa shape index (κ3) is 4.99. The van der Waals surface area contributed by atoms with E-state index in [4.69, 9.17) is 16.3 Å². The Bertz CT molecular complexity index is 1740. The van der Waals surface area contributed by atoms with Gasteiger partial charge in [0.1, 0.15) is 22.8 Å². The summed E-state index contributed by atoms with van der Waals surface area (Å²) in [5.41, 5.74) is 0.198. The second kappa shape index (κ2) is 11.2. The van der Waals surface area contributed by atoms with Gasteiger partial charge in [-0.2, -0.15) is 15.2 Å². The van der Waals surface area contributed by atoms with Crippen molar-refractivity contribution in [3.8, 4) is 23.3 Å². The van der Waals surface area contributed by atoms with Gasteiger partial charge in [-0.15, -0.1) is 0 Å². The predicted molar refractivity (Wildman–Crippen MR) is 153 cm³/mol. The lowest BCUT2D eigenvalue weighted by Crippen LogP contribution is -2.55. The number of benzene rings is 2. The number of carboxylic acid groups (broad SMARTS) is 1. The van der Waals surface area contributed by atoms with Crippen LogP contribution in [0.5, 0.6) is 6.01 Å². The number of halogens is 3. The van der Waals surface area contributed by atoms with Crippen molar-refractivity contribution in [3.63, 3.8) is 0 Å². The van der Waals surface area contributed by atoms with Gasteiger partial charge < -0.3 is 24.5 Å². The molecule has 0 spiro atoms. The predicted octanol–water partition coefficient (Wildman–Crippen LogP) is 4.80.